The zero-order valence-electron chi connectivity index (χ0n) is 18.3. The lowest BCUT2D eigenvalue weighted by atomic mass is 9.99. The van der Waals surface area contributed by atoms with E-state index in [1.807, 2.05) is 19.9 Å². The van der Waals surface area contributed by atoms with Crippen LogP contribution in [0.15, 0.2) is 35.3 Å². The fourth-order valence-corrected chi connectivity index (χ4v) is 3.87. The maximum Gasteiger partial charge on any atom is 0.325 e. The monoisotopic (exact) mass is 414 g/mol. The number of benzene rings is 1. The van der Waals surface area contributed by atoms with E-state index in [-0.39, 0.29) is 11.9 Å². The first-order valence-electron chi connectivity index (χ1n) is 11.0. The minimum Gasteiger partial charge on any atom is -0.369 e. The summed E-state index contributed by atoms with van der Waals surface area (Å²) in [5, 5.41) is 9.60. The zero-order chi connectivity index (χ0) is 21.6. The number of amides is 3. The molecule has 2 atom stereocenters. The number of nitrogens with one attached hydrogen (secondary N) is 3. The molecule has 2 unspecified atom stereocenters. The van der Waals surface area contributed by atoms with Crippen LogP contribution >= 0.6 is 0 Å². The molecule has 3 rings (SSSR count). The molecule has 1 aromatic carbocycles. The Morgan fingerprint density at radius 3 is 2.70 bits per heavy atom. The molecular weight excluding hydrogens is 380 g/mol. The summed E-state index contributed by atoms with van der Waals surface area (Å²) < 4.78 is 0. The van der Waals surface area contributed by atoms with Gasteiger partial charge in [-0.15, -0.1) is 0 Å². The molecule has 0 aromatic heterocycles. The molecule has 2 aliphatic heterocycles. The standard InChI is InChI=1S/C22H34N6O2/c1-4-22(3)19(29)28(21(30)26-22)14-9-13-24-20(23-5-2)25-17-12-15-27(16-17)18-10-7-6-8-11-18/h6-8,10-11,17H,4-5,9,12-16H2,1-3H3,(H,26,30)(H2,23,24,25). The van der Waals surface area contributed by atoms with E-state index in [4.69, 9.17) is 0 Å². The number of hydrogen-bond acceptors (Lipinski definition) is 4. The van der Waals surface area contributed by atoms with Crippen LogP contribution in [0.25, 0.3) is 0 Å². The molecule has 2 aliphatic rings. The second-order valence-electron chi connectivity index (χ2n) is 8.10. The summed E-state index contributed by atoms with van der Waals surface area (Å²) in [5.74, 6) is 0.643. The fourth-order valence-electron chi connectivity index (χ4n) is 3.87. The van der Waals surface area contributed by atoms with Crippen molar-refractivity contribution in [1.29, 1.82) is 0 Å². The first-order chi connectivity index (χ1) is 14.5. The van der Waals surface area contributed by atoms with E-state index >= 15 is 0 Å². The van der Waals surface area contributed by atoms with Crippen LogP contribution in [-0.4, -0.2) is 67.1 Å². The van der Waals surface area contributed by atoms with Crippen LogP contribution < -0.4 is 20.9 Å². The molecule has 0 saturated carbocycles. The van der Waals surface area contributed by atoms with Gasteiger partial charge in [-0.05, 0) is 45.2 Å². The SMILES string of the molecule is CCNC(=NCCCN1C(=O)NC(C)(CC)C1=O)NC1CCN(c2ccccc2)C1. The Morgan fingerprint density at radius 1 is 1.27 bits per heavy atom. The van der Waals surface area contributed by atoms with Gasteiger partial charge in [-0.2, -0.15) is 0 Å². The summed E-state index contributed by atoms with van der Waals surface area (Å²) in [6.45, 7) is 9.39. The van der Waals surface area contributed by atoms with E-state index in [1.165, 1.54) is 10.6 Å². The Morgan fingerprint density at radius 2 is 2.03 bits per heavy atom. The normalized spacial score (nSPS) is 24.4. The smallest absolute Gasteiger partial charge is 0.325 e. The lowest BCUT2D eigenvalue weighted by Crippen LogP contribution is -2.44. The summed E-state index contributed by atoms with van der Waals surface area (Å²) in [4.78, 5) is 32.9. The van der Waals surface area contributed by atoms with Gasteiger partial charge in [0.2, 0.25) is 0 Å². The van der Waals surface area contributed by atoms with Gasteiger partial charge in [0.25, 0.3) is 5.91 Å². The summed E-state index contributed by atoms with van der Waals surface area (Å²) in [5.41, 5.74) is 0.473. The number of rotatable bonds is 8. The van der Waals surface area contributed by atoms with Crippen molar-refractivity contribution in [3.8, 4) is 0 Å². The predicted molar refractivity (Wildman–Crippen MR) is 120 cm³/mol. The second-order valence-corrected chi connectivity index (χ2v) is 8.10. The van der Waals surface area contributed by atoms with Crippen molar-refractivity contribution in [2.24, 2.45) is 4.99 Å². The van der Waals surface area contributed by atoms with Crippen molar-refractivity contribution in [3.05, 3.63) is 30.3 Å². The van der Waals surface area contributed by atoms with Gasteiger partial charge in [-0.25, -0.2) is 4.79 Å². The summed E-state index contributed by atoms with van der Waals surface area (Å²) >= 11 is 0. The maximum atomic E-state index is 12.5. The predicted octanol–water partition coefficient (Wildman–Crippen LogP) is 1.93. The molecule has 2 fully saturated rings. The number of hydrogen-bond donors (Lipinski definition) is 3. The van der Waals surface area contributed by atoms with E-state index in [0.717, 1.165) is 32.0 Å². The molecule has 0 radical (unpaired) electrons. The van der Waals surface area contributed by atoms with E-state index in [0.29, 0.717) is 32.0 Å². The lowest BCUT2D eigenvalue weighted by molar-refractivity contribution is -0.130. The third-order valence-corrected chi connectivity index (χ3v) is 5.86. The molecule has 2 saturated heterocycles. The molecule has 3 N–H and O–H groups in total. The van der Waals surface area contributed by atoms with Gasteiger partial charge in [0.15, 0.2) is 5.96 Å². The van der Waals surface area contributed by atoms with Gasteiger partial charge in [0, 0.05) is 44.5 Å². The number of nitrogens with zero attached hydrogens (tertiary/aromatic N) is 3. The highest BCUT2D eigenvalue weighted by molar-refractivity contribution is 6.06. The van der Waals surface area contributed by atoms with Gasteiger partial charge in [0.05, 0.1) is 0 Å². The Bertz CT molecular complexity index is 768. The van der Waals surface area contributed by atoms with Gasteiger partial charge < -0.3 is 20.9 Å². The van der Waals surface area contributed by atoms with Crippen LogP contribution in [0.4, 0.5) is 10.5 Å². The Hall–Kier alpha value is -2.77. The van der Waals surface area contributed by atoms with Crippen molar-refractivity contribution in [1.82, 2.24) is 20.9 Å². The Labute approximate surface area is 179 Å². The van der Waals surface area contributed by atoms with Crippen LogP contribution in [-0.2, 0) is 4.79 Å². The first-order valence-corrected chi connectivity index (χ1v) is 11.0. The topological polar surface area (TPSA) is 89.1 Å². The van der Waals surface area contributed by atoms with Crippen molar-refractivity contribution >= 4 is 23.6 Å². The van der Waals surface area contributed by atoms with Crippen molar-refractivity contribution < 1.29 is 9.59 Å². The van der Waals surface area contributed by atoms with Crippen LogP contribution in [0.5, 0.6) is 0 Å². The number of carbonyl (C=O) groups is 2. The Balaban J connectivity index is 1.48. The molecule has 2 heterocycles. The second kappa shape index (κ2) is 9.82. The quantitative estimate of drug-likeness (QED) is 0.262. The molecule has 8 nitrogen and oxygen atoms in total. The molecule has 3 amide bonds. The van der Waals surface area contributed by atoms with E-state index in [2.05, 4.69) is 50.1 Å². The summed E-state index contributed by atoms with van der Waals surface area (Å²) in [6.07, 6.45) is 2.27. The number of anilines is 1. The van der Waals surface area contributed by atoms with Crippen LogP contribution in [0, 0.1) is 0 Å². The van der Waals surface area contributed by atoms with Gasteiger partial charge in [0.1, 0.15) is 5.54 Å². The maximum absolute atomic E-state index is 12.5. The number of urea groups is 1. The zero-order valence-corrected chi connectivity index (χ0v) is 18.3. The molecule has 0 aliphatic carbocycles. The number of carbonyl (C=O) groups excluding carboxylic acids is 2. The fraction of sp³-hybridized carbons (Fsp3) is 0.591. The van der Waals surface area contributed by atoms with Crippen LogP contribution in [0.2, 0.25) is 0 Å². The molecule has 0 bridgehead atoms. The molecule has 30 heavy (non-hydrogen) atoms. The number of imide groups is 1. The van der Waals surface area contributed by atoms with Crippen molar-refractivity contribution in [2.75, 3.05) is 37.6 Å². The third kappa shape index (κ3) is 5.04. The van der Waals surface area contributed by atoms with Crippen molar-refractivity contribution in [3.63, 3.8) is 0 Å². The lowest BCUT2D eigenvalue weighted by Gasteiger charge is -2.20. The minimum absolute atomic E-state index is 0.143. The van der Waals surface area contributed by atoms with Gasteiger partial charge >= 0.3 is 6.03 Å². The van der Waals surface area contributed by atoms with Gasteiger partial charge in [-0.3, -0.25) is 14.7 Å². The van der Waals surface area contributed by atoms with E-state index < -0.39 is 5.54 Å². The third-order valence-electron chi connectivity index (χ3n) is 5.86. The molecule has 164 valence electrons. The number of para-hydroxylation sites is 1. The average molecular weight is 415 g/mol. The Kier molecular flexibility index (Phi) is 7.18. The molecule has 0 spiro atoms. The molecule has 1 aromatic rings. The average Bonchev–Trinajstić information content (AvgIpc) is 3.30. The first kappa shape index (κ1) is 21.9. The largest absolute Gasteiger partial charge is 0.369 e. The number of guanidine groups is 1. The molecular formula is C22H34N6O2. The number of aliphatic imine (C=N–C) groups is 1. The summed E-state index contributed by atoms with van der Waals surface area (Å²) in [7, 11) is 0. The van der Waals surface area contributed by atoms with Gasteiger partial charge in [-0.1, -0.05) is 25.1 Å². The minimum atomic E-state index is -0.774. The highest BCUT2D eigenvalue weighted by atomic mass is 16.2. The van der Waals surface area contributed by atoms with Crippen LogP contribution in [0.3, 0.4) is 0 Å². The van der Waals surface area contributed by atoms with E-state index in [9.17, 15) is 9.59 Å². The highest BCUT2D eigenvalue weighted by Gasteiger charge is 2.45. The summed E-state index contributed by atoms with van der Waals surface area (Å²) in [6, 6.07) is 10.5. The highest BCUT2D eigenvalue weighted by Crippen LogP contribution is 2.21. The van der Waals surface area contributed by atoms with Crippen molar-refractivity contribution in [2.45, 2.75) is 51.6 Å². The molecule has 8 heteroatoms. The van der Waals surface area contributed by atoms with E-state index in [1.54, 1.807) is 6.92 Å². The van der Waals surface area contributed by atoms with Crippen LogP contribution in [0.1, 0.15) is 40.0 Å².